The van der Waals surface area contributed by atoms with Crippen LogP contribution in [0.2, 0.25) is 0 Å². The van der Waals surface area contributed by atoms with Gasteiger partial charge in [-0.1, -0.05) is 12.1 Å². The summed E-state index contributed by atoms with van der Waals surface area (Å²) in [6, 6.07) is 14.5. The first-order valence-corrected chi connectivity index (χ1v) is 9.43. The zero-order chi connectivity index (χ0) is 21.3. The zero-order valence-electron chi connectivity index (χ0n) is 16.7. The standard InChI is InChI=1S/C22H21N3O5/c1-29-16-7-3-14(4-8-16)13-24-12-11-18-19(22(27)28)23-25(20(18)21(24)26)15-5-9-17(30-2)10-6-15/h3-10H,11-13H2,1-2H3,(H,27,28). The van der Waals surface area contributed by atoms with Crippen LogP contribution in [-0.2, 0) is 13.0 Å². The number of carbonyl (C=O) groups excluding carboxylic acids is 1. The number of nitrogens with zero attached hydrogens (tertiary/aromatic N) is 3. The second kappa shape index (κ2) is 7.90. The van der Waals surface area contributed by atoms with Gasteiger partial charge in [0.05, 0.1) is 19.9 Å². The van der Waals surface area contributed by atoms with Crippen molar-refractivity contribution in [3.05, 3.63) is 71.0 Å². The summed E-state index contributed by atoms with van der Waals surface area (Å²) < 4.78 is 11.8. The maximum atomic E-state index is 13.3. The zero-order valence-corrected chi connectivity index (χ0v) is 16.7. The molecule has 0 aliphatic carbocycles. The van der Waals surface area contributed by atoms with E-state index in [1.54, 1.807) is 43.4 Å². The Balaban J connectivity index is 1.70. The SMILES string of the molecule is COc1ccc(CN2CCc3c(C(=O)O)nn(-c4ccc(OC)cc4)c3C2=O)cc1. The first-order valence-electron chi connectivity index (χ1n) is 9.43. The molecule has 8 heteroatoms. The summed E-state index contributed by atoms with van der Waals surface area (Å²) in [6.07, 6.45) is 0.426. The number of methoxy groups -OCH3 is 2. The maximum Gasteiger partial charge on any atom is 0.356 e. The third-order valence-electron chi connectivity index (χ3n) is 5.16. The normalized spacial score (nSPS) is 13.1. The number of carbonyl (C=O) groups is 2. The number of hydrogen-bond acceptors (Lipinski definition) is 5. The number of aromatic carboxylic acids is 1. The summed E-state index contributed by atoms with van der Waals surface area (Å²) in [5.41, 5.74) is 2.23. The van der Waals surface area contributed by atoms with Crippen LogP contribution in [0.3, 0.4) is 0 Å². The molecule has 0 unspecified atom stereocenters. The number of carboxylic acid groups (broad SMARTS) is 1. The quantitative estimate of drug-likeness (QED) is 0.675. The largest absolute Gasteiger partial charge is 0.497 e. The van der Waals surface area contributed by atoms with Crippen molar-refractivity contribution in [1.82, 2.24) is 14.7 Å². The van der Waals surface area contributed by atoms with Gasteiger partial charge in [-0.3, -0.25) is 4.79 Å². The van der Waals surface area contributed by atoms with E-state index in [1.807, 2.05) is 24.3 Å². The van der Waals surface area contributed by atoms with Crippen molar-refractivity contribution < 1.29 is 24.2 Å². The van der Waals surface area contributed by atoms with E-state index in [2.05, 4.69) is 5.10 Å². The van der Waals surface area contributed by atoms with Crippen LogP contribution in [0.5, 0.6) is 11.5 Å². The van der Waals surface area contributed by atoms with Gasteiger partial charge in [0.15, 0.2) is 5.69 Å². The van der Waals surface area contributed by atoms with Crippen LogP contribution in [0, 0.1) is 0 Å². The predicted molar refractivity (Wildman–Crippen MR) is 109 cm³/mol. The lowest BCUT2D eigenvalue weighted by Crippen LogP contribution is -2.38. The van der Waals surface area contributed by atoms with E-state index in [4.69, 9.17) is 9.47 Å². The van der Waals surface area contributed by atoms with Crippen molar-refractivity contribution in [2.24, 2.45) is 0 Å². The minimum absolute atomic E-state index is 0.0849. The fraction of sp³-hybridized carbons (Fsp3) is 0.227. The molecule has 0 saturated heterocycles. The number of ether oxygens (including phenoxy) is 2. The Morgan fingerprint density at radius 3 is 2.20 bits per heavy atom. The summed E-state index contributed by atoms with van der Waals surface area (Å²) in [4.78, 5) is 26.8. The molecule has 3 aromatic rings. The predicted octanol–water partition coefficient (Wildman–Crippen LogP) is 2.79. The van der Waals surface area contributed by atoms with Crippen LogP contribution in [0.15, 0.2) is 48.5 Å². The molecule has 154 valence electrons. The highest BCUT2D eigenvalue weighted by Gasteiger charge is 2.34. The number of hydrogen-bond donors (Lipinski definition) is 1. The van der Waals surface area contributed by atoms with E-state index < -0.39 is 5.97 Å². The third-order valence-corrected chi connectivity index (χ3v) is 5.16. The molecule has 0 spiro atoms. The molecule has 1 N–H and O–H groups in total. The van der Waals surface area contributed by atoms with Crippen LogP contribution in [0.1, 0.15) is 32.1 Å². The van der Waals surface area contributed by atoms with Gasteiger partial charge < -0.3 is 19.5 Å². The van der Waals surface area contributed by atoms with Crippen LogP contribution in [-0.4, -0.2) is 52.4 Å². The summed E-state index contributed by atoms with van der Waals surface area (Å²) >= 11 is 0. The molecule has 2 aromatic carbocycles. The molecule has 0 atom stereocenters. The van der Waals surface area contributed by atoms with Gasteiger partial charge in [-0.15, -0.1) is 0 Å². The number of aromatic nitrogens is 2. The van der Waals surface area contributed by atoms with Crippen molar-refractivity contribution in [2.75, 3.05) is 20.8 Å². The summed E-state index contributed by atoms with van der Waals surface area (Å²) in [5.74, 6) is 0.0122. The molecule has 1 amide bonds. The highest BCUT2D eigenvalue weighted by atomic mass is 16.5. The van der Waals surface area contributed by atoms with Crippen LogP contribution in [0.25, 0.3) is 5.69 Å². The van der Waals surface area contributed by atoms with E-state index >= 15 is 0 Å². The smallest absolute Gasteiger partial charge is 0.356 e. The highest BCUT2D eigenvalue weighted by molar-refractivity contribution is 5.99. The summed E-state index contributed by atoms with van der Waals surface area (Å²) in [5, 5.41) is 13.8. The summed E-state index contributed by atoms with van der Waals surface area (Å²) in [6.45, 7) is 0.838. The molecule has 0 saturated carbocycles. The van der Waals surface area contributed by atoms with Crippen molar-refractivity contribution in [2.45, 2.75) is 13.0 Å². The Morgan fingerprint density at radius 2 is 1.63 bits per heavy atom. The number of fused-ring (bicyclic) bond motifs is 1. The van der Waals surface area contributed by atoms with Crippen LogP contribution < -0.4 is 9.47 Å². The molecular weight excluding hydrogens is 386 g/mol. The number of benzene rings is 2. The maximum absolute atomic E-state index is 13.3. The minimum Gasteiger partial charge on any atom is -0.497 e. The van der Waals surface area contributed by atoms with E-state index in [0.29, 0.717) is 36.5 Å². The lowest BCUT2D eigenvalue weighted by Gasteiger charge is -2.27. The topological polar surface area (TPSA) is 93.9 Å². The molecule has 1 aromatic heterocycles. The molecular formula is C22H21N3O5. The van der Waals surface area contributed by atoms with Crippen molar-refractivity contribution in [3.63, 3.8) is 0 Å². The third kappa shape index (κ3) is 3.47. The van der Waals surface area contributed by atoms with Crippen molar-refractivity contribution in [3.8, 4) is 17.2 Å². The van der Waals surface area contributed by atoms with E-state index in [-0.39, 0.29) is 17.3 Å². The van der Waals surface area contributed by atoms with E-state index in [9.17, 15) is 14.7 Å². The van der Waals surface area contributed by atoms with Crippen LogP contribution in [0.4, 0.5) is 0 Å². The Bertz CT molecular complexity index is 1090. The lowest BCUT2D eigenvalue weighted by atomic mass is 10.0. The van der Waals surface area contributed by atoms with Gasteiger partial charge in [-0.25, -0.2) is 9.48 Å². The molecule has 8 nitrogen and oxygen atoms in total. The van der Waals surface area contributed by atoms with E-state index in [0.717, 1.165) is 11.3 Å². The average Bonchev–Trinajstić information content (AvgIpc) is 3.17. The average molecular weight is 407 g/mol. The van der Waals surface area contributed by atoms with Gasteiger partial charge in [-0.05, 0) is 48.4 Å². The Hall–Kier alpha value is -3.81. The van der Waals surface area contributed by atoms with E-state index in [1.165, 1.54) is 4.68 Å². The number of carboxylic acids is 1. The number of amides is 1. The summed E-state index contributed by atoms with van der Waals surface area (Å²) in [7, 11) is 3.17. The van der Waals surface area contributed by atoms with Gasteiger partial charge in [0.2, 0.25) is 0 Å². The van der Waals surface area contributed by atoms with Gasteiger partial charge in [-0.2, -0.15) is 5.10 Å². The highest BCUT2D eigenvalue weighted by Crippen LogP contribution is 2.27. The molecule has 0 radical (unpaired) electrons. The van der Waals surface area contributed by atoms with Crippen molar-refractivity contribution in [1.29, 1.82) is 0 Å². The first kappa shape index (κ1) is 19.5. The molecule has 2 heterocycles. The Kier molecular flexibility index (Phi) is 5.14. The Labute approximate surface area is 173 Å². The molecule has 0 fully saturated rings. The number of rotatable bonds is 6. The molecule has 4 rings (SSSR count). The molecule has 1 aliphatic rings. The second-order valence-electron chi connectivity index (χ2n) is 6.92. The Morgan fingerprint density at radius 1 is 1.03 bits per heavy atom. The second-order valence-corrected chi connectivity index (χ2v) is 6.92. The van der Waals surface area contributed by atoms with Crippen molar-refractivity contribution >= 4 is 11.9 Å². The van der Waals surface area contributed by atoms with Gasteiger partial charge in [0, 0.05) is 18.7 Å². The minimum atomic E-state index is -1.14. The monoisotopic (exact) mass is 407 g/mol. The molecule has 30 heavy (non-hydrogen) atoms. The fourth-order valence-electron chi connectivity index (χ4n) is 3.59. The van der Waals surface area contributed by atoms with Gasteiger partial charge >= 0.3 is 5.97 Å². The van der Waals surface area contributed by atoms with Gasteiger partial charge in [0.1, 0.15) is 17.2 Å². The molecule has 0 bridgehead atoms. The van der Waals surface area contributed by atoms with Crippen LogP contribution >= 0.6 is 0 Å². The molecule has 1 aliphatic heterocycles. The fourth-order valence-corrected chi connectivity index (χ4v) is 3.59. The first-order chi connectivity index (χ1) is 14.5. The van der Waals surface area contributed by atoms with Gasteiger partial charge in [0.25, 0.3) is 5.91 Å². The lowest BCUT2D eigenvalue weighted by molar-refractivity contribution is 0.0688.